The highest BCUT2D eigenvalue weighted by Crippen LogP contribution is 2.29. The zero-order chi connectivity index (χ0) is 15.0. The number of aromatic amines is 1. The Balaban J connectivity index is 1.81. The molecule has 1 aliphatic carbocycles. The Morgan fingerprint density at radius 1 is 1.43 bits per heavy atom. The van der Waals surface area contributed by atoms with Gasteiger partial charge in [-0.1, -0.05) is 6.42 Å². The largest absolute Gasteiger partial charge is 0.480 e. The number of rotatable bonds is 2. The van der Waals surface area contributed by atoms with Crippen LogP contribution < -0.4 is 5.73 Å². The molecule has 3 unspecified atom stereocenters. The minimum atomic E-state index is -0.975. The highest BCUT2D eigenvalue weighted by atomic mass is 16.4. The average molecular weight is 292 g/mol. The van der Waals surface area contributed by atoms with Crippen LogP contribution in [0.1, 0.15) is 37.1 Å². The van der Waals surface area contributed by atoms with Gasteiger partial charge in [0, 0.05) is 18.4 Å². The zero-order valence-corrected chi connectivity index (χ0v) is 11.8. The van der Waals surface area contributed by atoms with E-state index in [0.29, 0.717) is 6.42 Å². The number of nitrogens with one attached hydrogen (secondary N) is 1. The van der Waals surface area contributed by atoms with Gasteiger partial charge in [-0.25, -0.2) is 9.78 Å². The summed E-state index contributed by atoms with van der Waals surface area (Å²) >= 11 is 0. The number of carboxylic acid groups (broad SMARTS) is 1. The lowest BCUT2D eigenvalue weighted by atomic mass is 9.84. The summed E-state index contributed by atoms with van der Waals surface area (Å²) in [6.45, 7) is 0.289. The first-order chi connectivity index (χ1) is 10.1. The van der Waals surface area contributed by atoms with E-state index < -0.39 is 12.0 Å². The fraction of sp³-hybridized carbons (Fsp3) is 0.643. The number of nitrogens with two attached hydrogens (primary N) is 1. The van der Waals surface area contributed by atoms with Crippen molar-refractivity contribution in [2.45, 2.75) is 50.7 Å². The molecule has 114 valence electrons. The van der Waals surface area contributed by atoms with Crippen molar-refractivity contribution in [2.24, 2.45) is 11.7 Å². The lowest BCUT2D eigenvalue weighted by molar-refractivity contribution is -0.154. The first kappa shape index (κ1) is 14.1. The van der Waals surface area contributed by atoms with Crippen molar-refractivity contribution < 1.29 is 14.7 Å². The van der Waals surface area contributed by atoms with E-state index in [-0.39, 0.29) is 30.8 Å². The number of imidazole rings is 1. The zero-order valence-electron chi connectivity index (χ0n) is 11.8. The van der Waals surface area contributed by atoms with Crippen LogP contribution in [0.25, 0.3) is 0 Å². The number of aromatic nitrogens is 2. The normalized spacial score (nSPS) is 29.0. The van der Waals surface area contributed by atoms with Crippen molar-refractivity contribution in [3.8, 4) is 0 Å². The maximum atomic E-state index is 12.7. The summed E-state index contributed by atoms with van der Waals surface area (Å²) in [6, 6.07) is -0.782. The van der Waals surface area contributed by atoms with Crippen LogP contribution >= 0.6 is 0 Å². The molecule has 0 aromatic carbocycles. The first-order valence-electron chi connectivity index (χ1n) is 7.36. The van der Waals surface area contributed by atoms with Gasteiger partial charge < -0.3 is 20.7 Å². The van der Waals surface area contributed by atoms with Crippen molar-refractivity contribution in [3.63, 3.8) is 0 Å². The minimum absolute atomic E-state index is 0.0449. The number of amides is 1. The van der Waals surface area contributed by atoms with Crippen molar-refractivity contribution >= 4 is 11.9 Å². The summed E-state index contributed by atoms with van der Waals surface area (Å²) in [5.41, 5.74) is 7.52. The van der Waals surface area contributed by atoms with Crippen LogP contribution in [0, 0.1) is 5.92 Å². The molecule has 1 saturated carbocycles. The second-order valence-electron chi connectivity index (χ2n) is 5.98. The summed E-state index contributed by atoms with van der Waals surface area (Å²) in [5, 5.41) is 9.41. The maximum Gasteiger partial charge on any atom is 0.326 e. The Kier molecular flexibility index (Phi) is 3.67. The van der Waals surface area contributed by atoms with E-state index in [4.69, 9.17) is 5.73 Å². The predicted octanol–water partition coefficient (Wildman–Crippen LogP) is 0.265. The number of fused-ring (bicyclic) bond motifs is 1. The van der Waals surface area contributed by atoms with E-state index in [2.05, 4.69) is 9.97 Å². The third-order valence-corrected chi connectivity index (χ3v) is 4.53. The predicted molar refractivity (Wildman–Crippen MR) is 74.2 cm³/mol. The Bertz CT molecular complexity index is 556. The number of aliphatic carboxylic acids is 1. The first-order valence-corrected chi connectivity index (χ1v) is 7.36. The van der Waals surface area contributed by atoms with E-state index >= 15 is 0 Å². The Labute approximate surface area is 122 Å². The molecule has 1 aliphatic heterocycles. The summed E-state index contributed by atoms with van der Waals surface area (Å²) in [4.78, 5) is 32.8. The molecule has 21 heavy (non-hydrogen) atoms. The van der Waals surface area contributed by atoms with Crippen LogP contribution in [0.15, 0.2) is 6.33 Å². The van der Waals surface area contributed by atoms with E-state index in [9.17, 15) is 14.7 Å². The Morgan fingerprint density at radius 3 is 2.95 bits per heavy atom. The molecule has 3 atom stereocenters. The molecule has 1 fully saturated rings. The number of hydrogen-bond acceptors (Lipinski definition) is 4. The number of hydrogen-bond donors (Lipinski definition) is 3. The molecule has 4 N–H and O–H groups in total. The van der Waals surface area contributed by atoms with Crippen LogP contribution in [0.4, 0.5) is 0 Å². The molecular weight excluding hydrogens is 272 g/mol. The van der Waals surface area contributed by atoms with Crippen LogP contribution in [0.3, 0.4) is 0 Å². The monoisotopic (exact) mass is 292 g/mol. The summed E-state index contributed by atoms with van der Waals surface area (Å²) in [7, 11) is 0. The maximum absolute atomic E-state index is 12.7. The van der Waals surface area contributed by atoms with E-state index in [1.165, 1.54) is 4.90 Å². The van der Waals surface area contributed by atoms with Gasteiger partial charge in [-0.3, -0.25) is 4.79 Å². The molecule has 7 nitrogen and oxygen atoms in total. The number of carbonyl (C=O) groups excluding carboxylic acids is 1. The number of carbonyl (C=O) groups is 2. The highest BCUT2D eigenvalue weighted by molar-refractivity contribution is 5.85. The lowest BCUT2D eigenvalue weighted by Crippen LogP contribution is -2.51. The SMILES string of the molecule is NC1CCCC(C(=O)N2Cc3[nH]cnc3CC2C(=O)O)C1. The van der Waals surface area contributed by atoms with Crippen molar-refractivity contribution in [1.29, 1.82) is 0 Å². The van der Waals surface area contributed by atoms with Gasteiger partial charge in [-0.15, -0.1) is 0 Å². The Morgan fingerprint density at radius 2 is 2.24 bits per heavy atom. The van der Waals surface area contributed by atoms with Gasteiger partial charge in [0.05, 0.1) is 24.3 Å². The molecule has 0 spiro atoms. The highest BCUT2D eigenvalue weighted by Gasteiger charge is 2.39. The van der Waals surface area contributed by atoms with Crippen molar-refractivity contribution in [1.82, 2.24) is 14.9 Å². The third-order valence-electron chi connectivity index (χ3n) is 4.53. The molecule has 3 rings (SSSR count). The molecule has 2 heterocycles. The molecule has 0 radical (unpaired) electrons. The van der Waals surface area contributed by atoms with Gasteiger partial charge in [0.15, 0.2) is 0 Å². The molecule has 1 amide bonds. The van der Waals surface area contributed by atoms with E-state index in [1.807, 2.05) is 0 Å². The van der Waals surface area contributed by atoms with Gasteiger partial charge in [0.2, 0.25) is 5.91 Å². The van der Waals surface area contributed by atoms with Crippen LogP contribution in [0.2, 0.25) is 0 Å². The molecule has 0 bridgehead atoms. The average Bonchev–Trinajstić information content (AvgIpc) is 2.92. The van der Waals surface area contributed by atoms with Crippen LogP contribution in [0.5, 0.6) is 0 Å². The second-order valence-corrected chi connectivity index (χ2v) is 5.98. The topological polar surface area (TPSA) is 112 Å². The smallest absolute Gasteiger partial charge is 0.326 e. The summed E-state index contributed by atoms with van der Waals surface area (Å²) in [5.74, 6) is -1.21. The second kappa shape index (κ2) is 5.48. The van der Waals surface area contributed by atoms with Crippen molar-refractivity contribution in [3.05, 3.63) is 17.7 Å². The lowest BCUT2D eigenvalue weighted by Gasteiger charge is -2.36. The van der Waals surface area contributed by atoms with Gasteiger partial charge in [-0.05, 0) is 19.3 Å². The van der Waals surface area contributed by atoms with Crippen molar-refractivity contribution in [2.75, 3.05) is 0 Å². The molecule has 1 aromatic rings. The molecule has 2 aliphatic rings. The molecule has 0 saturated heterocycles. The molecular formula is C14H20N4O3. The van der Waals surface area contributed by atoms with Gasteiger partial charge >= 0.3 is 5.97 Å². The van der Waals surface area contributed by atoms with Gasteiger partial charge in [0.1, 0.15) is 6.04 Å². The third kappa shape index (κ3) is 2.65. The number of nitrogens with zero attached hydrogens (tertiary/aromatic N) is 2. The quantitative estimate of drug-likeness (QED) is 0.724. The summed E-state index contributed by atoms with van der Waals surface area (Å²) < 4.78 is 0. The minimum Gasteiger partial charge on any atom is -0.480 e. The standard InChI is InChI=1S/C14H20N4O3/c15-9-3-1-2-8(4-9)13(19)18-6-11-10(16-7-17-11)5-12(18)14(20)21/h7-9,12H,1-6,15H2,(H,16,17)(H,20,21). The van der Waals surface area contributed by atoms with Gasteiger partial charge in [-0.2, -0.15) is 0 Å². The van der Waals surface area contributed by atoms with Gasteiger partial charge in [0.25, 0.3) is 0 Å². The molecule has 7 heteroatoms. The van der Waals surface area contributed by atoms with E-state index in [1.54, 1.807) is 6.33 Å². The summed E-state index contributed by atoms with van der Waals surface area (Å²) in [6.07, 6.45) is 5.13. The van der Waals surface area contributed by atoms with E-state index in [0.717, 1.165) is 30.7 Å². The number of carboxylic acids is 1. The fourth-order valence-electron chi connectivity index (χ4n) is 3.37. The Hall–Kier alpha value is -1.89. The van der Waals surface area contributed by atoms with Crippen LogP contribution in [-0.4, -0.2) is 43.9 Å². The number of H-pyrrole nitrogens is 1. The fourth-order valence-corrected chi connectivity index (χ4v) is 3.37. The molecule has 1 aromatic heterocycles. The van der Waals surface area contributed by atoms with Crippen LogP contribution in [-0.2, 0) is 22.6 Å².